The van der Waals surface area contributed by atoms with Gasteiger partial charge in [0.05, 0.1) is 6.04 Å². The van der Waals surface area contributed by atoms with Crippen LogP contribution in [0.3, 0.4) is 0 Å². The van der Waals surface area contributed by atoms with Crippen LogP contribution in [0.15, 0.2) is 30.3 Å². The number of rotatable bonds is 7. The summed E-state index contributed by atoms with van der Waals surface area (Å²) >= 11 is 0. The fraction of sp³-hybridized carbons (Fsp3) is 0.533. The zero-order valence-electron chi connectivity index (χ0n) is 11.4. The highest BCUT2D eigenvalue weighted by molar-refractivity contribution is 5.76. The third-order valence-electron chi connectivity index (χ3n) is 3.33. The van der Waals surface area contributed by atoms with Crippen molar-refractivity contribution in [3.8, 4) is 0 Å². The second-order valence-electron chi connectivity index (χ2n) is 4.65. The normalized spacial score (nSPS) is 13.9. The Kier molecular flexibility index (Phi) is 6.44. The summed E-state index contributed by atoms with van der Waals surface area (Å²) in [5.41, 5.74) is 6.79. The molecule has 0 aliphatic rings. The summed E-state index contributed by atoms with van der Waals surface area (Å²) in [5, 5.41) is 3.09. The van der Waals surface area contributed by atoms with Crippen molar-refractivity contribution in [2.45, 2.75) is 39.2 Å². The Morgan fingerprint density at radius 2 is 1.89 bits per heavy atom. The quantitative estimate of drug-likeness (QED) is 0.779. The summed E-state index contributed by atoms with van der Waals surface area (Å²) in [6.45, 7) is 4.73. The molecule has 0 saturated heterocycles. The molecule has 0 heterocycles. The van der Waals surface area contributed by atoms with Crippen LogP contribution in [0.25, 0.3) is 0 Å². The molecule has 1 aromatic carbocycles. The number of nitrogens with one attached hydrogen (secondary N) is 1. The third kappa shape index (κ3) is 4.49. The van der Waals surface area contributed by atoms with Crippen molar-refractivity contribution >= 4 is 5.91 Å². The molecule has 1 aromatic rings. The highest BCUT2D eigenvalue weighted by atomic mass is 16.1. The van der Waals surface area contributed by atoms with Gasteiger partial charge in [-0.15, -0.1) is 0 Å². The first-order valence-corrected chi connectivity index (χ1v) is 6.75. The monoisotopic (exact) mass is 248 g/mol. The van der Waals surface area contributed by atoms with E-state index in [2.05, 4.69) is 31.3 Å². The zero-order chi connectivity index (χ0) is 13.4. The fourth-order valence-corrected chi connectivity index (χ4v) is 2.02. The lowest BCUT2D eigenvalue weighted by atomic mass is 10.0. The second kappa shape index (κ2) is 7.88. The van der Waals surface area contributed by atoms with Crippen LogP contribution in [-0.4, -0.2) is 12.5 Å². The van der Waals surface area contributed by atoms with E-state index in [0.717, 1.165) is 18.4 Å². The van der Waals surface area contributed by atoms with Crippen LogP contribution in [0.5, 0.6) is 0 Å². The summed E-state index contributed by atoms with van der Waals surface area (Å²) in [6, 6.07) is 10.2. The molecule has 0 bridgehead atoms. The number of carbonyl (C=O) groups is 1. The van der Waals surface area contributed by atoms with Gasteiger partial charge in [0.1, 0.15) is 0 Å². The highest BCUT2D eigenvalue weighted by Crippen LogP contribution is 2.16. The van der Waals surface area contributed by atoms with Gasteiger partial charge in [-0.25, -0.2) is 0 Å². The molecule has 2 atom stereocenters. The Labute approximate surface area is 110 Å². The van der Waals surface area contributed by atoms with Gasteiger partial charge in [-0.05, 0) is 24.4 Å². The Balaban J connectivity index is 2.56. The first kappa shape index (κ1) is 14.7. The maximum atomic E-state index is 11.9. The first-order chi connectivity index (χ1) is 8.71. The minimum atomic E-state index is 0.100. The van der Waals surface area contributed by atoms with Crippen molar-refractivity contribution in [1.29, 1.82) is 0 Å². The number of carbonyl (C=O) groups excluding carboxylic acids is 1. The number of hydrogen-bond acceptors (Lipinski definition) is 2. The molecule has 0 saturated carbocycles. The number of nitrogens with two attached hydrogens (primary N) is 1. The predicted octanol–water partition coefficient (Wildman–Crippen LogP) is 2.63. The van der Waals surface area contributed by atoms with E-state index in [1.54, 1.807) is 0 Å². The summed E-state index contributed by atoms with van der Waals surface area (Å²) in [6.07, 6.45) is 2.37. The van der Waals surface area contributed by atoms with Crippen molar-refractivity contribution in [3.63, 3.8) is 0 Å². The topological polar surface area (TPSA) is 55.1 Å². The van der Waals surface area contributed by atoms with E-state index in [-0.39, 0.29) is 11.9 Å². The molecule has 2 unspecified atom stereocenters. The van der Waals surface area contributed by atoms with Crippen molar-refractivity contribution < 1.29 is 4.79 Å². The number of hydrogen-bond donors (Lipinski definition) is 2. The van der Waals surface area contributed by atoms with E-state index in [1.165, 1.54) is 0 Å². The Morgan fingerprint density at radius 3 is 2.39 bits per heavy atom. The molecule has 0 spiro atoms. The summed E-state index contributed by atoms with van der Waals surface area (Å²) in [7, 11) is 0. The Bertz CT molecular complexity index is 347. The molecular weight excluding hydrogens is 224 g/mol. The minimum Gasteiger partial charge on any atom is -0.349 e. The van der Waals surface area contributed by atoms with Gasteiger partial charge in [-0.2, -0.15) is 0 Å². The second-order valence-corrected chi connectivity index (χ2v) is 4.65. The molecule has 0 radical (unpaired) electrons. The van der Waals surface area contributed by atoms with Crippen LogP contribution < -0.4 is 11.1 Å². The van der Waals surface area contributed by atoms with E-state index >= 15 is 0 Å². The van der Waals surface area contributed by atoms with Crippen molar-refractivity contribution in [2.75, 3.05) is 6.54 Å². The fourth-order valence-electron chi connectivity index (χ4n) is 2.02. The van der Waals surface area contributed by atoms with E-state index in [1.807, 2.05) is 18.2 Å². The number of amides is 1. The van der Waals surface area contributed by atoms with E-state index < -0.39 is 0 Å². The minimum absolute atomic E-state index is 0.100. The summed E-state index contributed by atoms with van der Waals surface area (Å²) in [4.78, 5) is 11.9. The van der Waals surface area contributed by atoms with E-state index in [0.29, 0.717) is 18.9 Å². The average molecular weight is 248 g/mol. The maximum Gasteiger partial charge on any atom is 0.220 e. The molecule has 3 nitrogen and oxygen atoms in total. The van der Waals surface area contributed by atoms with Crippen molar-refractivity contribution in [2.24, 2.45) is 11.7 Å². The van der Waals surface area contributed by atoms with Crippen molar-refractivity contribution in [3.05, 3.63) is 35.9 Å². The molecule has 100 valence electrons. The molecule has 3 N–H and O–H groups in total. The van der Waals surface area contributed by atoms with Gasteiger partial charge in [0.15, 0.2) is 0 Å². The largest absolute Gasteiger partial charge is 0.349 e. The maximum absolute atomic E-state index is 11.9. The number of benzene rings is 1. The van der Waals surface area contributed by atoms with Gasteiger partial charge < -0.3 is 11.1 Å². The van der Waals surface area contributed by atoms with Crippen LogP contribution in [0.4, 0.5) is 0 Å². The summed E-state index contributed by atoms with van der Waals surface area (Å²) < 4.78 is 0. The molecule has 0 aliphatic heterocycles. The van der Waals surface area contributed by atoms with E-state index in [4.69, 9.17) is 5.73 Å². The van der Waals surface area contributed by atoms with Gasteiger partial charge in [0.2, 0.25) is 5.91 Å². The molecule has 1 amide bonds. The smallest absolute Gasteiger partial charge is 0.220 e. The van der Waals surface area contributed by atoms with Crippen molar-refractivity contribution in [1.82, 2.24) is 5.32 Å². The standard InChI is InChI=1S/C15H24N2O/c1-3-12(11-16)10-15(18)17-14(4-2)13-8-6-5-7-9-13/h5-9,12,14H,3-4,10-11,16H2,1-2H3,(H,17,18). The highest BCUT2D eigenvalue weighted by Gasteiger charge is 2.15. The Morgan fingerprint density at radius 1 is 1.22 bits per heavy atom. The average Bonchev–Trinajstić information content (AvgIpc) is 2.43. The molecule has 18 heavy (non-hydrogen) atoms. The molecular formula is C15H24N2O. The van der Waals surface area contributed by atoms with Crippen LogP contribution in [0, 0.1) is 5.92 Å². The van der Waals surface area contributed by atoms with Gasteiger partial charge in [0, 0.05) is 6.42 Å². The molecule has 0 aliphatic carbocycles. The first-order valence-electron chi connectivity index (χ1n) is 6.75. The van der Waals surface area contributed by atoms with Gasteiger partial charge in [-0.1, -0.05) is 50.6 Å². The SMILES string of the molecule is CCC(CN)CC(=O)NC(CC)c1ccccc1. The van der Waals surface area contributed by atoms with Gasteiger partial charge in [-0.3, -0.25) is 4.79 Å². The molecule has 0 aromatic heterocycles. The van der Waals surface area contributed by atoms with E-state index in [9.17, 15) is 4.79 Å². The molecule has 0 fully saturated rings. The Hall–Kier alpha value is -1.35. The summed E-state index contributed by atoms with van der Waals surface area (Å²) in [5.74, 6) is 0.390. The van der Waals surface area contributed by atoms with Gasteiger partial charge in [0.25, 0.3) is 0 Å². The van der Waals surface area contributed by atoms with Gasteiger partial charge >= 0.3 is 0 Å². The third-order valence-corrected chi connectivity index (χ3v) is 3.33. The molecule has 3 heteroatoms. The lowest BCUT2D eigenvalue weighted by Gasteiger charge is -2.19. The lowest BCUT2D eigenvalue weighted by molar-refractivity contribution is -0.122. The van der Waals surface area contributed by atoms with Crippen LogP contribution in [0.2, 0.25) is 0 Å². The van der Waals surface area contributed by atoms with Crippen LogP contribution in [-0.2, 0) is 4.79 Å². The zero-order valence-corrected chi connectivity index (χ0v) is 11.4. The predicted molar refractivity (Wildman–Crippen MR) is 75.1 cm³/mol. The lowest BCUT2D eigenvalue weighted by Crippen LogP contribution is -2.31. The van der Waals surface area contributed by atoms with Crippen LogP contribution >= 0.6 is 0 Å². The van der Waals surface area contributed by atoms with Crippen LogP contribution in [0.1, 0.15) is 44.7 Å². The molecule has 1 rings (SSSR count).